The third kappa shape index (κ3) is 3.11. The van der Waals surface area contributed by atoms with Crippen LogP contribution in [0.25, 0.3) is 11.4 Å². The number of fused-ring (bicyclic) bond motifs is 4. The fourth-order valence-electron chi connectivity index (χ4n) is 5.08. The van der Waals surface area contributed by atoms with E-state index in [0.29, 0.717) is 50.2 Å². The van der Waals surface area contributed by atoms with Crippen LogP contribution < -0.4 is 5.56 Å². The van der Waals surface area contributed by atoms with Gasteiger partial charge in [-0.25, -0.2) is 4.98 Å². The number of pyridine rings is 1. The van der Waals surface area contributed by atoms with Crippen molar-refractivity contribution in [3.05, 3.63) is 40.6 Å². The number of aryl methyl sites for hydroxylation is 1. The van der Waals surface area contributed by atoms with Gasteiger partial charge >= 0.3 is 0 Å². The van der Waals surface area contributed by atoms with E-state index in [2.05, 4.69) is 16.0 Å². The molecule has 2 aromatic rings. The second kappa shape index (κ2) is 7.11. The highest BCUT2D eigenvalue weighted by Gasteiger charge is 2.39. The van der Waals surface area contributed by atoms with Gasteiger partial charge in [0.15, 0.2) is 0 Å². The first kappa shape index (κ1) is 18.6. The summed E-state index contributed by atoms with van der Waals surface area (Å²) >= 11 is 0. The highest BCUT2D eigenvalue weighted by atomic mass is 16.5. The third-order valence-corrected chi connectivity index (χ3v) is 6.66. The molecule has 29 heavy (non-hydrogen) atoms. The van der Waals surface area contributed by atoms with Crippen molar-refractivity contribution in [1.82, 2.24) is 23.9 Å². The Morgan fingerprint density at radius 1 is 1.21 bits per heavy atom. The molecular weight excluding hydrogens is 370 g/mol. The molecule has 2 aromatic heterocycles. The van der Waals surface area contributed by atoms with Crippen molar-refractivity contribution in [2.45, 2.75) is 24.9 Å². The number of likely N-dealkylation sites (N-methyl/N-ethyl adjacent to an activating group) is 1. The molecule has 2 saturated heterocycles. The number of hydrogen-bond acceptors (Lipinski definition) is 5. The Balaban J connectivity index is 1.43. The molecule has 0 aromatic carbocycles. The monoisotopic (exact) mass is 397 g/mol. The SMILES string of the molecule is CN1CCOC[C@@H]1C(=O)N1C[C@@H]2C[C@H](C1)c1ccc(-c3nccn3C)c(=O)n1C2. The van der Waals surface area contributed by atoms with Gasteiger partial charge in [0.1, 0.15) is 11.9 Å². The number of likely N-dealkylation sites (tertiary alicyclic amines) is 1. The maximum atomic E-state index is 13.2. The topological polar surface area (TPSA) is 72.6 Å². The van der Waals surface area contributed by atoms with Crippen LogP contribution in [-0.2, 0) is 23.1 Å². The van der Waals surface area contributed by atoms with Crippen LogP contribution in [0, 0.1) is 5.92 Å². The van der Waals surface area contributed by atoms with Crippen LogP contribution in [0.2, 0.25) is 0 Å². The molecule has 2 bridgehead atoms. The Labute approximate surface area is 169 Å². The average molecular weight is 397 g/mol. The molecular formula is C21H27N5O3. The number of amides is 1. The van der Waals surface area contributed by atoms with E-state index in [1.165, 1.54) is 0 Å². The molecule has 0 N–H and O–H groups in total. The lowest BCUT2D eigenvalue weighted by molar-refractivity contribution is -0.144. The Kier molecular flexibility index (Phi) is 4.55. The molecule has 2 fully saturated rings. The number of carbonyl (C=O) groups excluding carboxylic acids is 1. The van der Waals surface area contributed by atoms with E-state index in [4.69, 9.17) is 4.74 Å². The Bertz CT molecular complexity index is 996. The molecule has 3 aliphatic heterocycles. The molecule has 5 rings (SSSR count). The lowest BCUT2D eigenvalue weighted by Gasteiger charge is -2.45. The highest BCUT2D eigenvalue weighted by Crippen LogP contribution is 2.36. The minimum absolute atomic E-state index is 0.0201. The van der Waals surface area contributed by atoms with Crippen LogP contribution in [-0.4, -0.2) is 75.8 Å². The van der Waals surface area contributed by atoms with Crippen LogP contribution in [0.1, 0.15) is 18.0 Å². The van der Waals surface area contributed by atoms with Crippen molar-refractivity contribution >= 4 is 5.91 Å². The Morgan fingerprint density at radius 3 is 2.83 bits per heavy atom. The number of carbonyl (C=O) groups is 1. The Hall–Kier alpha value is -2.45. The molecule has 0 spiro atoms. The van der Waals surface area contributed by atoms with E-state index in [1.54, 1.807) is 6.20 Å². The van der Waals surface area contributed by atoms with Crippen molar-refractivity contribution in [2.75, 3.05) is 39.9 Å². The standard InChI is InChI=1S/C21H27N5O3/c1-23-7-8-29-13-18(23)21(28)25-10-14-9-15(12-25)17-4-3-16(20(27)26(17)11-14)19-22-5-6-24(19)2/h3-6,14-15,18H,7-13H2,1-2H3/t14-,15+,18+/m0/s1. The number of imidazole rings is 1. The van der Waals surface area contributed by atoms with Gasteiger partial charge in [-0.15, -0.1) is 0 Å². The number of aromatic nitrogens is 3. The smallest absolute Gasteiger partial charge is 0.261 e. The van der Waals surface area contributed by atoms with Crippen molar-refractivity contribution < 1.29 is 9.53 Å². The number of ether oxygens (including phenoxy) is 1. The summed E-state index contributed by atoms with van der Waals surface area (Å²) in [4.78, 5) is 34.8. The van der Waals surface area contributed by atoms with Crippen LogP contribution in [0.5, 0.6) is 0 Å². The molecule has 5 heterocycles. The lowest BCUT2D eigenvalue weighted by atomic mass is 9.82. The predicted molar refractivity (Wildman–Crippen MR) is 108 cm³/mol. The summed E-state index contributed by atoms with van der Waals surface area (Å²) in [5.74, 6) is 1.35. The third-order valence-electron chi connectivity index (χ3n) is 6.66. The number of piperidine rings is 1. The first-order chi connectivity index (χ1) is 14.0. The number of morpholine rings is 1. The summed E-state index contributed by atoms with van der Waals surface area (Å²) in [6.07, 6.45) is 4.59. The van der Waals surface area contributed by atoms with Gasteiger partial charge in [0.05, 0.1) is 18.8 Å². The van der Waals surface area contributed by atoms with Crippen molar-refractivity contribution in [1.29, 1.82) is 0 Å². The first-order valence-electron chi connectivity index (χ1n) is 10.3. The first-order valence-corrected chi connectivity index (χ1v) is 10.3. The fourth-order valence-corrected chi connectivity index (χ4v) is 5.08. The molecule has 3 atom stereocenters. The van der Waals surface area contributed by atoms with E-state index in [9.17, 15) is 9.59 Å². The maximum Gasteiger partial charge on any atom is 0.261 e. The van der Waals surface area contributed by atoms with Gasteiger partial charge in [0.2, 0.25) is 5.91 Å². The summed E-state index contributed by atoms with van der Waals surface area (Å²) in [7, 11) is 3.89. The summed E-state index contributed by atoms with van der Waals surface area (Å²) in [6.45, 7) is 3.96. The molecule has 0 unspecified atom stereocenters. The van der Waals surface area contributed by atoms with Gasteiger partial charge in [0.25, 0.3) is 5.56 Å². The highest BCUT2D eigenvalue weighted by molar-refractivity contribution is 5.82. The predicted octanol–water partition coefficient (Wildman–Crippen LogP) is 0.525. The second-order valence-corrected chi connectivity index (χ2v) is 8.56. The van der Waals surface area contributed by atoms with Gasteiger partial charge in [-0.1, -0.05) is 0 Å². The Morgan fingerprint density at radius 2 is 2.07 bits per heavy atom. The maximum absolute atomic E-state index is 13.2. The molecule has 8 heteroatoms. The molecule has 0 radical (unpaired) electrons. The lowest BCUT2D eigenvalue weighted by Crippen LogP contribution is -2.57. The van der Waals surface area contributed by atoms with E-state index < -0.39 is 0 Å². The zero-order chi connectivity index (χ0) is 20.1. The largest absolute Gasteiger partial charge is 0.378 e. The van der Waals surface area contributed by atoms with Gasteiger partial charge in [-0.05, 0) is 31.5 Å². The van der Waals surface area contributed by atoms with E-state index in [1.807, 2.05) is 40.4 Å². The molecule has 0 aliphatic carbocycles. The molecule has 3 aliphatic rings. The minimum atomic E-state index is -0.199. The average Bonchev–Trinajstić information content (AvgIpc) is 3.14. The number of nitrogens with zero attached hydrogens (tertiary/aromatic N) is 5. The molecule has 8 nitrogen and oxygen atoms in total. The fraction of sp³-hybridized carbons (Fsp3) is 0.571. The summed E-state index contributed by atoms with van der Waals surface area (Å²) in [6, 6.07) is 3.74. The van der Waals surface area contributed by atoms with Crippen molar-refractivity contribution in [2.24, 2.45) is 13.0 Å². The van der Waals surface area contributed by atoms with Gasteiger partial charge in [-0.2, -0.15) is 0 Å². The number of hydrogen-bond donors (Lipinski definition) is 0. The van der Waals surface area contributed by atoms with Crippen LogP contribution in [0.3, 0.4) is 0 Å². The zero-order valence-electron chi connectivity index (χ0n) is 17.0. The quantitative estimate of drug-likeness (QED) is 0.739. The molecule has 0 saturated carbocycles. The van der Waals surface area contributed by atoms with Crippen LogP contribution in [0.4, 0.5) is 0 Å². The second-order valence-electron chi connectivity index (χ2n) is 8.56. The van der Waals surface area contributed by atoms with Gasteiger partial charge in [-0.3, -0.25) is 14.5 Å². The van der Waals surface area contributed by atoms with Gasteiger partial charge < -0.3 is 18.8 Å². The zero-order valence-corrected chi connectivity index (χ0v) is 17.0. The van der Waals surface area contributed by atoms with Crippen molar-refractivity contribution in [3.8, 4) is 11.4 Å². The normalized spacial score (nSPS) is 27.0. The summed E-state index contributed by atoms with van der Waals surface area (Å²) < 4.78 is 9.33. The molecule has 1 amide bonds. The van der Waals surface area contributed by atoms with Gasteiger partial charge in [0, 0.05) is 57.2 Å². The molecule has 154 valence electrons. The van der Waals surface area contributed by atoms with Crippen LogP contribution >= 0.6 is 0 Å². The van der Waals surface area contributed by atoms with E-state index in [-0.39, 0.29) is 23.4 Å². The van der Waals surface area contributed by atoms with Crippen LogP contribution in [0.15, 0.2) is 29.3 Å². The summed E-state index contributed by atoms with van der Waals surface area (Å²) in [5, 5.41) is 0. The summed E-state index contributed by atoms with van der Waals surface area (Å²) in [5.41, 5.74) is 1.69. The van der Waals surface area contributed by atoms with E-state index >= 15 is 0 Å². The van der Waals surface area contributed by atoms with Crippen molar-refractivity contribution in [3.63, 3.8) is 0 Å². The van der Waals surface area contributed by atoms with E-state index in [0.717, 1.165) is 18.7 Å². The number of rotatable bonds is 2. The minimum Gasteiger partial charge on any atom is -0.378 e.